The van der Waals surface area contributed by atoms with Gasteiger partial charge in [0.05, 0.1) is 0 Å². The molecule has 0 aliphatic carbocycles. The summed E-state index contributed by atoms with van der Waals surface area (Å²) in [6.45, 7) is 2.22. The zero-order valence-electron chi connectivity index (χ0n) is 7.43. The fourth-order valence-corrected chi connectivity index (χ4v) is 0.969. The molecule has 0 atom stereocenters. The van der Waals surface area contributed by atoms with Gasteiger partial charge in [-0.25, -0.2) is 0 Å². The monoisotopic (exact) mass is 172 g/mol. The molecule has 54 valence electrons. The summed E-state index contributed by atoms with van der Waals surface area (Å²) >= 11 is 0. The van der Waals surface area contributed by atoms with E-state index in [1.165, 1.54) is 24.8 Å². The van der Waals surface area contributed by atoms with E-state index < -0.39 is 0 Å². The smallest absolute Gasteiger partial charge is 0.184 e. The summed E-state index contributed by atoms with van der Waals surface area (Å²) in [5, 5.41) is 0. The third-order valence-corrected chi connectivity index (χ3v) is 1.61. The molecule has 11 heavy (non-hydrogen) atoms. The Labute approximate surface area is 112 Å². The van der Waals surface area contributed by atoms with Crippen molar-refractivity contribution >= 4 is 0 Å². The maximum atomic E-state index is 3.01. The van der Waals surface area contributed by atoms with Gasteiger partial charge in [0.25, 0.3) is 0 Å². The van der Waals surface area contributed by atoms with Crippen LogP contribution in [0.5, 0.6) is 0 Å². The molecule has 0 heterocycles. The Morgan fingerprint density at radius 1 is 1.27 bits per heavy atom. The second kappa shape index (κ2) is 7.50. The third-order valence-electron chi connectivity index (χ3n) is 1.61. The summed E-state index contributed by atoms with van der Waals surface area (Å²) in [6, 6.07) is 11.2. The van der Waals surface area contributed by atoms with Crippen LogP contribution in [0, 0.1) is 6.07 Å². The van der Waals surface area contributed by atoms with Crippen LogP contribution in [0.4, 0.5) is 0 Å². The standard InChI is InChI=1S/C10H13.K/c1-2-3-7-10-8-5-4-6-9-10;/h5-6,8-9H,2-3,7H2,1H3;/q-1;+1. The van der Waals surface area contributed by atoms with Gasteiger partial charge >= 0.3 is 51.4 Å². The topological polar surface area (TPSA) is 0 Å². The van der Waals surface area contributed by atoms with E-state index in [9.17, 15) is 0 Å². The van der Waals surface area contributed by atoms with E-state index in [4.69, 9.17) is 0 Å². The summed E-state index contributed by atoms with van der Waals surface area (Å²) in [4.78, 5) is 0. The van der Waals surface area contributed by atoms with E-state index in [0.29, 0.717) is 0 Å². The average Bonchev–Trinajstić information content (AvgIpc) is 2.03. The van der Waals surface area contributed by atoms with Gasteiger partial charge in [0.15, 0.2) is 0 Å². The molecule has 0 saturated carbocycles. The van der Waals surface area contributed by atoms with Gasteiger partial charge in [-0.2, -0.15) is 35.9 Å². The van der Waals surface area contributed by atoms with Crippen LogP contribution in [-0.2, 0) is 6.42 Å². The molecule has 0 aliphatic heterocycles. The van der Waals surface area contributed by atoms with Gasteiger partial charge in [-0.3, -0.25) is 0 Å². The molecular formula is C10H13K. The molecular weight excluding hydrogens is 159 g/mol. The summed E-state index contributed by atoms with van der Waals surface area (Å²) in [7, 11) is 0. The number of hydrogen-bond acceptors (Lipinski definition) is 0. The number of rotatable bonds is 3. The Hall–Kier alpha value is 0.856. The first-order valence-corrected chi connectivity index (χ1v) is 3.88. The van der Waals surface area contributed by atoms with Gasteiger partial charge in [0.1, 0.15) is 0 Å². The molecule has 0 unspecified atom stereocenters. The molecule has 1 aromatic carbocycles. The second-order valence-electron chi connectivity index (χ2n) is 2.51. The van der Waals surface area contributed by atoms with Gasteiger partial charge in [-0.05, 0) is 0 Å². The van der Waals surface area contributed by atoms with E-state index >= 15 is 0 Å². The summed E-state index contributed by atoms with van der Waals surface area (Å²) in [6.07, 6.45) is 3.79. The molecule has 1 rings (SSSR count). The fraction of sp³-hybridized carbons (Fsp3) is 0.400. The number of hydrogen-bond donors (Lipinski definition) is 0. The van der Waals surface area contributed by atoms with Crippen molar-refractivity contribution in [3.05, 3.63) is 35.9 Å². The van der Waals surface area contributed by atoms with Crippen LogP contribution in [0.2, 0.25) is 0 Å². The maximum absolute atomic E-state index is 3.01. The minimum absolute atomic E-state index is 0. The fourth-order valence-electron chi connectivity index (χ4n) is 0.969. The van der Waals surface area contributed by atoms with Gasteiger partial charge in [0, 0.05) is 0 Å². The Morgan fingerprint density at radius 2 is 1.91 bits per heavy atom. The van der Waals surface area contributed by atoms with E-state index in [-0.39, 0.29) is 51.4 Å². The average molecular weight is 172 g/mol. The van der Waals surface area contributed by atoms with Crippen molar-refractivity contribution in [1.82, 2.24) is 0 Å². The molecule has 0 spiro atoms. The molecule has 0 nitrogen and oxygen atoms in total. The maximum Gasteiger partial charge on any atom is 1.00 e. The van der Waals surface area contributed by atoms with Crippen molar-refractivity contribution in [2.75, 3.05) is 0 Å². The van der Waals surface area contributed by atoms with Crippen LogP contribution in [-0.4, -0.2) is 0 Å². The molecule has 1 heteroatoms. The van der Waals surface area contributed by atoms with Crippen molar-refractivity contribution < 1.29 is 51.4 Å². The molecule has 0 bridgehead atoms. The van der Waals surface area contributed by atoms with Crippen molar-refractivity contribution in [3.8, 4) is 0 Å². The predicted octanol–water partition coefficient (Wildman–Crippen LogP) is -0.167. The van der Waals surface area contributed by atoms with Crippen LogP contribution in [0.3, 0.4) is 0 Å². The quantitative estimate of drug-likeness (QED) is 0.439. The number of benzene rings is 1. The van der Waals surface area contributed by atoms with E-state index in [2.05, 4.69) is 25.1 Å². The van der Waals surface area contributed by atoms with Gasteiger partial charge in [-0.1, -0.05) is 26.2 Å². The largest absolute Gasteiger partial charge is 1.00 e. The molecule has 0 N–H and O–H groups in total. The zero-order chi connectivity index (χ0) is 7.23. The van der Waals surface area contributed by atoms with Crippen molar-refractivity contribution in [2.45, 2.75) is 26.2 Å². The van der Waals surface area contributed by atoms with Crippen LogP contribution in [0.25, 0.3) is 0 Å². The molecule has 1 aromatic rings. The van der Waals surface area contributed by atoms with Gasteiger partial charge < -0.3 is 0 Å². The summed E-state index contributed by atoms with van der Waals surface area (Å²) in [5.74, 6) is 0. The third kappa shape index (κ3) is 5.15. The van der Waals surface area contributed by atoms with Crippen molar-refractivity contribution in [2.24, 2.45) is 0 Å². The Bertz CT molecular complexity index is 169. The molecule has 0 aliphatic rings. The Morgan fingerprint density at radius 3 is 2.45 bits per heavy atom. The first kappa shape index (κ1) is 11.9. The van der Waals surface area contributed by atoms with Crippen LogP contribution >= 0.6 is 0 Å². The van der Waals surface area contributed by atoms with Gasteiger partial charge in [-0.15, -0.1) is 0 Å². The minimum Gasteiger partial charge on any atom is -0.184 e. The first-order valence-electron chi connectivity index (χ1n) is 3.88. The minimum atomic E-state index is 0. The summed E-state index contributed by atoms with van der Waals surface area (Å²) < 4.78 is 0. The van der Waals surface area contributed by atoms with Gasteiger partial charge in [0.2, 0.25) is 0 Å². The van der Waals surface area contributed by atoms with E-state index in [1.54, 1.807) is 0 Å². The molecule has 0 fully saturated rings. The normalized spacial score (nSPS) is 8.82. The SMILES string of the molecule is CCCCc1cc[c-]cc1.[K+]. The Balaban J connectivity index is 0.000001000. The number of aryl methyl sites for hydroxylation is 1. The van der Waals surface area contributed by atoms with Crippen molar-refractivity contribution in [1.29, 1.82) is 0 Å². The van der Waals surface area contributed by atoms with Crippen LogP contribution in [0.1, 0.15) is 25.3 Å². The molecule has 0 aromatic heterocycles. The van der Waals surface area contributed by atoms with E-state index in [1.807, 2.05) is 12.1 Å². The Kier molecular flexibility index (Phi) is 8.09. The molecule has 0 amide bonds. The second-order valence-corrected chi connectivity index (χ2v) is 2.51. The van der Waals surface area contributed by atoms with E-state index in [0.717, 1.165) is 0 Å². The van der Waals surface area contributed by atoms with Crippen LogP contribution < -0.4 is 51.4 Å². The van der Waals surface area contributed by atoms with Crippen molar-refractivity contribution in [3.63, 3.8) is 0 Å². The number of unbranched alkanes of at least 4 members (excludes halogenated alkanes) is 1. The first-order chi connectivity index (χ1) is 4.93. The summed E-state index contributed by atoms with van der Waals surface area (Å²) in [5.41, 5.74) is 1.43. The molecule has 0 saturated heterocycles. The molecule has 0 radical (unpaired) electrons. The predicted molar refractivity (Wildman–Crippen MR) is 43.9 cm³/mol. The zero-order valence-corrected chi connectivity index (χ0v) is 10.6. The van der Waals surface area contributed by atoms with Crippen LogP contribution in [0.15, 0.2) is 24.3 Å².